The largest absolute Gasteiger partial charge is 0.472 e. The molecule has 106 valence electrons. The van der Waals surface area contributed by atoms with Crippen LogP contribution in [-0.4, -0.2) is 36.3 Å². The summed E-state index contributed by atoms with van der Waals surface area (Å²) < 4.78 is 20.1. The second-order valence-electron chi connectivity index (χ2n) is 3.63. The van der Waals surface area contributed by atoms with Gasteiger partial charge in [-0.1, -0.05) is 0 Å². The molecule has 0 aromatic heterocycles. The first kappa shape index (κ1) is 17.2. The van der Waals surface area contributed by atoms with Crippen LogP contribution < -0.4 is 5.32 Å². The third-order valence-electron chi connectivity index (χ3n) is 1.90. The molecule has 1 amide bonds. The third kappa shape index (κ3) is 10.4. The zero-order chi connectivity index (χ0) is 14.0. The molecule has 1 atom stereocenters. The Morgan fingerprint density at radius 1 is 1.28 bits per heavy atom. The van der Waals surface area contributed by atoms with E-state index >= 15 is 0 Å². The normalized spacial score (nSPS) is 13.9. The summed E-state index contributed by atoms with van der Waals surface area (Å²) in [6, 6.07) is 0. The number of hydrogen-bond acceptors (Lipinski definition) is 5. The minimum atomic E-state index is -3.98. The molecular weight excluding hydrogens is 261 g/mol. The summed E-state index contributed by atoms with van der Waals surface area (Å²) in [5.41, 5.74) is 0. The predicted molar refractivity (Wildman–Crippen MR) is 64.9 cm³/mol. The minimum absolute atomic E-state index is 0.0454. The smallest absolute Gasteiger partial charge is 0.354 e. The Labute approximate surface area is 106 Å². The van der Waals surface area contributed by atoms with Crippen molar-refractivity contribution in [3.8, 4) is 0 Å². The fourth-order valence-corrected chi connectivity index (χ4v) is 1.86. The van der Waals surface area contributed by atoms with Crippen LogP contribution in [0.3, 0.4) is 0 Å². The number of carbonyl (C=O) groups excluding carboxylic acids is 2. The second-order valence-corrected chi connectivity index (χ2v) is 5.08. The quantitative estimate of drug-likeness (QED) is 0.458. The molecule has 0 saturated heterocycles. The van der Waals surface area contributed by atoms with Crippen molar-refractivity contribution in [1.29, 1.82) is 0 Å². The van der Waals surface area contributed by atoms with Gasteiger partial charge >= 0.3 is 7.82 Å². The minimum Gasteiger partial charge on any atom is -0.354 e. The molecule has 1 unspecified atom stereocenters. The highest BCUT2D eigenvalue weighted by molar-refractivity contribution is 7.47. The SMILES string of the molecule is CCOP(=O)(O)OCCNC(=O)CCCC(C)=O. The van der Waals surface area contributed by atoms with E-state index in [0.29, 0.717) is 12.8 Å². The zero-order valence-electron chi connectivity index (χ0n) is 10.7. The first-order chi connectivity index (χ1) is 8.37. The van der Waals surface area contributed by atoms with E-state index in [1.54, 1.807) is 6.92 Å². The average molecular weight is 281 g/mol. The lowest BCUT2D eigenvalue weighted by Gasteiger charge is -2.11. The summed E-state index contributed by atoms with van der Waals surface area (Å²) in [6.45, 7) is 3.13. The molecule has 0 radical (unpaired) electrons. The fraction of sp³-hybridized carbons (Fsp3) is 0.800. The van der Waals surface area contributed by atoms with Gasteiger partial charge in [0.2, 0.25) is 5.91 Å². The number of ketones is 1. The standard InChI is InChI=1S/C10H20NO6P/c1-3-16-18(14,15)17-8-7-11-10(13)6-4-5-9(2)12/h3-8H2,1-2H3,(H,11,13)(H,14,15). The highest BCUT2D eigenvalue weighted by Gasteiger charge is 2.19. The van der Waals surface area contributed by atoms with Crippen LogP contribution in [0.15, 0.2) is 0 Å². The van der Waals surface area contributed by atoms with Gasteiger partial charge in [0.05, 0.1) is 13.2 Å². The Morgan fingerprint density at radius 3 is 2.50 bits per heavy atom. The molecule has 0 aliphatic carbocycles. The van der Waals surface area contributed by atoms with E-state index in [4.69, 9.17) is 4.89 Å². The van der Waals surface area contributed by atoms with Crippen molar-refractivity contribution >= 4 is 19.5 Å². The molecule has 0 aromatic rings. The molecule has 2 N–H and O–H groups in total. The van der Waals surface area contributed by atoms with Crippen LogP contribution in [0.25, 0.3) is 0 Å². The van der Waals surface area contributed by atoms with Crippen LogP contribution in [-0.2, 0) is 23.2 Å². The summed E-state index contributed by atoms with van der Waals surface area (Å²) in [7, 11) is -3.98. The van der Waals surface area contributed by atoms with E-state index in [-0.39, 0.29) is 37.9 Å². The van der Waals surface area contributed by atoms with Gasteiger partial charge in [-0.05, 0) is 20.3 Å². The van der Waals surface area contributed by atoms with Gasteiger partial charge in [0.25, 0.3) is 0 Å². The van der Waals surface area contributed by atoms with Gasteiger partial charge in [0.15, 0.2) is 0 Å². The molecule has 0 aliphatic heterocycles. The molecule has 0 spiro atoms. The Kier molecular flexibility index (Phi) is 8.83. The van der Waals surface area contributed by atoms with Gasteiger partial charge in [0.1, 0.15) is 5.78 Å². The molecule has 0 bridgehead atoms. The van der Waals surface area contributed by atoms with E-state index in [0.717, 1.165) is 0 Å². The molecule has 8 heteroatoms. The molecule has 0 rings (SSSR count). The number of phosphoric ester groups is 1. The number of amides is 1. The highest BCUT2D eigenvalue weighted by Crippen LogP contribution is 2.42. The first-order valence-electron chi connectivity index (χ1n) is 5.75. The van der Waals surface area contributed by atoms with Crippen LogP contribution in [0, 0.1) is 0 Å². The van der Waals surface area contributed by atoms with Crippen LogP contribution in [0.2, 0.25) is 0 Å². The van der Waals surface area contributed by atoms with Crippen LogP contribution in [0.5, 0.6) is 0 Å². The van der Waals surface area contributed by atoms with Crippen molar-refractivity contribution in [3.05, 3.63) is 0 Å². The number of carbonyl (C=O) groups is 2. The van der Waals surface area contributed by atoms with E-state index in [1.807, 2.05) is 0 Å². The molecular formula is C10H20NO6P. The number of rotatable bonds is 10. The molecule has 0 aromatic carbocycles. The molecule has 0 aliphatic rings. The summed E-state index contributed by atoms with van der Waals surface area (Å²) in [4.78, 5) is 30.9. The van der Waals surface area contributed by atoms with Gasteiger partial charge in [-0.15, -0.1) is 0 Å². The number of hydrogen-bond donors (Lipinski definition) is 2. The molecule has 0 saturated carbocycles. The Balaban J connectivity index is 3.57. The Bertz CT molecular complexity index is 319. The number of Topliss-reactive ketones (excluding diaryl/α,β-unsaturated/α-hetero) is 1. The van der Waals surface area contributed by atoms with Crippen molar-refractivity contribution in [2.75, 3.05) is 19.8 Å². The van der Waals surface area contributed by atoms with Crippen molar-refractivity contribution in [3.63, 3.8) is 0 Å². The average Bonchev–Trinajstić information content (AvgIpc) is 2.24. The maximum absolute atomic E-state index is 11.2. The Morgan fingerprint density at radius 2 is 1.94 bits per heavy atom. The predicted octanol–water partition coefficient (Wildman–Crippen LogP) is 1.02. The van der Waals surface area contributed by atoms with Crippen LogP contribution >= 0.6 is 7.82 Å². The zero-order valence-corrected chi connectivity index (χ0v) is 11.6. The lowest BCUT2D eigenvalue weighted by Crippen LogP contribution is -2.26. The Hall–Kier alpha value is -0.750. The summed E-state index contributed by atoms with van der Waals surface area (Å²) in [5.74, 6) is -0.173. The van der Waals surface area contributed by atoms with Gasteiger partial charge in [-0.2, -0.15) is 0 Å². The van der Waals surface area contributed by atoms with Gasteiger partial charge < -0.3 is 15.0 Å². The second kappa shape index (κ2) is 9.22. The van der Waals surface area contributed by atoms with E-state index < -0.39 is 7.82 Å². The van der Waals surface area contributed by atoms with Crippen LogP contribution in [0.4, 0.5) is 0 Å². The summed E-state index contributed by atoms with van der Waals surface area (Å²) in [5, 5.41) is 2.51. The monoisotopic (exact) mass is 281 g/mol. The highest BCUT2D eigenvalue weighted by atomic mass is 31.2. The van der Waals surface area contributed by atoms with Gasteiger partial charge in [-0.3, -0.25) is 13.8 Å². The topological polar surface area (TPSA) is 102 Å². The lowest BCUT2D eigenvalue weighted by molar-refractivity contribution is -0.121. The van der Waals surface area contributed by atoms with Crippen molar-refractivity contribution in [1.82, 2.24) is 5.32 Å². The number of nitrogens with one attached hydrogen (secondary N) is 1. The maximum atomic E-state index is 11.2. The summed E-state index contributed by atoms with van der Waals surface area (Å²) in [6.07, 6.45) is 1.13. The van der Waals surface area contributed by atoms with Crippen molar-refractivity contribution < 1.29 is 28.1 Å². The lowest BCUT2D eigenvalue weighted by atomic mass is 10.2. The summed E-state index contributed by atoms with van der Waals surface area (Å²) >= 11 is 0. The van der Waals surface area contributed by atoms with Gasteiger partial charge in [-0.25, -0.2) is 4.57 Å². The fourth-order valence-electron chi connectivity index (χ4n) is 1.14. The van der Waals surface area contributed by atoms with Crippen molar-refractivity contribution in [2.24, 2.45) is 0 Å². The van der Waals surface area contributed by atoms with E-state index in [2.05, 4.69) is 14.4 Å². The molecule has 7 nitrogen and oxygen atoms in total. The van der Waals surface area contributed by atoms with Gasteiger partial charge in [0, 0.05) is 19.4 Å². The maximum Gasteiger partial charge on any atom is 0.472 e. The molecule has 0 heterocycles. The molecule has 18 heavy (non-hydrogen) atoms. The molecule has 0 fully saturated rings. The van der Waals surface area contributed by atoms with E-state index in [1.165, 1.54) is 6.92 Å². The number of phosphoric acid groups is 1. The first-order valence-corrected chi connectivity index (χ1v) is 7.25. The van der Waals surface area contributed by atoms with E-state index in [9.17, 15) is 14.2 Å². The van der Waals surface area contributed by atoms with Crippen molar-refractivity contribution in [2.45, 2.75) is 33.1 Å². The third-order valence-corrected chi connectivity index (χ3v) is 3.00. The van der Waals surface area contributed by atoms with Crippen LogP contribution in [0.1, 0.15) is 33.1 Å².